The molecule has 0 aliphatic heterocycles. The predicted molar refractivity (Wildman–Crippen MR) is 105 cm³/mol. The summed E-state index contributed by atoms with van der Waals surface area (Å²) >= 11 is 10.5. The minimum atomic E-state index is -4.04. The fourth-order valence-electron chi connectivity index (χ4n) is 2.37. The van der Waals surface area contributed by atoms with Crippen LogP contribution in [0.5, 0.6) is 0 Å². The summed E-state index contributed by atoms with van der Waals surface area (Å²) in [6.45, 7) is 1.90. The molecule has 1 N–H and O–H groups in total. The van der Waals surface area contributed by atoms with Crippen molar-refractivity contribution < 1.29 is 12.8 Å². The number of benzene rings is 2. The molecule has 0 aliphatic carbocycles. The Balaban J connectivity index is 1.93. The molecule has 4 nitrogen and oxygen atoms in total. The van der Waals surface area contributed by atoms with E-state index in [2.05, 4.69) is 26.2 Å². The third-order valence-corrected chi connectivity index (χ3v) is 7.45. The maximum absolute atomic E-state index is 14.5. The Hall–Kier alpha value is -1.48. The summed E-state index contributed by atoms with van der Waals surface area (Å²) in [5.41, 5.74) is 1.28. The molecule has 26 heavy (non-hydrogen) atoms. The van der Waals surface area contributed by atoms with Crippen molar-refractivity contribution in [1.82, 2.24) is 4.98 Å². The number of hydrogen-bond donors (Lipinski definition) is 1. The maximum atomic E-state index is 14.5. The molecule has 3 aromatic rings. The highest BCUT2D eigenvalue weighted by Gasteiger charge is 2.26. The maximum Gasteiger partial charge on any atom is 0.236 e. The summed E-state index contributed by atoms with van der Waals surface area (Å²) in [6.07, 6.45) is 1.35. The molecule has 0 saturated heterocycles. The number of aromatic nitrogens is 1. The largest absolute Gasteiger partial charge is 0.377 e. The monoisotopic (exact) mass is 474 g/mol. The zero-order chi connectivity index (χ0) is 18.9. The van der Waals surface area contributed by atoms with Gasteiger partial charge >= 0.3 is 0 Å². The second-order valence-electron chi connectivity index (χ2n) is 5.48. The molecular formula is C17H13BrClFN2O2S2. The van der Waals surface area contributed by atoms with Crippen LogP contribution in [0.4, 0.5) is 10.1 Å². The molecular weight excluding hydrogens is 463 g/mol. The van der Waals surface area contributed by atoms with Gasteiger partial charge in [0.05, 0.1) is 10.7 Å². The molecule has 9 heteroatoms. The number of sulfone groups is 1. The van der Waals surface area contributed by atoms with Crippen molar-refractivity contribution in [3.05, 3.63) is 68.9 Å². The first-order valence-electron chi connectivity index (χ1n) is 7.44. The highest BCUT2D eigenvalue weighted by molar-refractivity contribution is 9.10. The van der Waals surface area contributed by atoms with Crippen LogP contribution in [-0.4, -0.2) is 13.4 Å². The summed E-state index contributed by atoms with van der Waals surface area (Å²) in [5, 5.41) is 4.74. The first kappa shape index (κ1) is 19.3. The van der Waals surface area contributed by atoms with Gasteiger partial charge in [0.25, 0.3) is 0 Å². The lowest BCUT2D eigenvalue weighted by molar-refractivity contribution is 0.566. The number of halogens is 3. The van der Waals surface area contributed by atoms with Gasteiger partial charge in [-0.1, -0.05) is 39.7 Å². The number of rotatable bonds is 5. The summed E-state index contributed by atoms with van der Waals surface area (Å²) in [5.74, 6) is -0.881. The van der Waals surface area contributed by atoms with Crippen molar-refractivity contribution in [2.24, 2.45) is 0 Å². The standard InChI is InChI=1S/C17H13BrClFN2O2S2/c1-10(11-3-2-4-12(18)7-11)22-15-9-14(20)16(8-13(15)19)26(23,24)17-21-5-6-25-17/h2-10,22H,1H3/t10-/m1/s1. The zero-order valence-corrected chi connectivity index (χ0v) is 17.4. The van der Waals surface area contributed by atoms with E-state index >= 15 is 0 Å². The molecule has 0 amide bonds. The van der Waals surface area contributed by atoms with Crippen molar-refractivity contribution >= 4 is 54.4 Å². The van der Waals surface area contributed by atoms with Gasteiger partial charge in [0, 0.05) is 22.1 Å². The van der Waals surface area contributed by atoms with Gasteiger partial charge in [-0.05, 0) is 36.8 Å². The molecule has 0 aliphatic rings. The van der Waals surface area contributed by atoms with E-state index in [-0.39, 0.29) is 15.4 Å². The van der Waals surface area contributed by atoms with Crippen LogP contribution in [-0.2, 0) is 9.84 Å². The summed E-state index contributed by atoms with van der Waals surface area (Å²) in [4.78, 5) is 3.27. The minimum Gasteiger partial charge on any atom is -0.377 e. The Morgan fingerprint density at radius 3 is 2.73 bits per heavy atom. The van der Waals surface area contributed by atoms with Crippen molar-refractivity contribution in [2.75, 3.05) is 5.32 Å². The minimum absolute atomic E-state index is 0.114. The van der Waals surface area contributed by atoms with Gasteiger partial charge < -0.3 is 5.32 Å². The predicted octanol–water partition coefficient (Wildman–Crippen LogP) is 5.70. The molecule has 1 aromatic heterocycles. The molecule has 136 valence electrons. The molecule has 0 radical (unpaired) electrons. The molecule has 0 spiro atoms. The van der Waals surface area contributed by atoms with Crippen molar-refractivity contribution in [3.63, 3.8) is 0 Å². The van der Waals surface area contributed by atoms with Gasteiger partial charge in [0.1, 0.15) is 10.7 Å². The lowest BCUT2D eigenvalue weighted by Crippen LogP contribution is -2.09. The summed E-state index contributed by atoms with van der Waals surface area (Å²) in [6, 6.07) is 9.70. The third-order valence-electron chi connectivity index (χ3n) is 3.67. The van der Waals surface area contributed by atoms with E-state index in [0.29, 0.717) is 5.69 Å². The average Bonchev–Trinajstić information content (AvgIpc) is 3.13. The van der Waals surface area contributed by atoms with E-state index in [9.17, 15) is 12.8 Å². The summed E-state index contributed by atoms with van der Waals surface area (Å²) < 4.78 is 40.2. The molecule has 0 bridgehead atoms. The van der Waals surface area contributed by atoms with Crippen LogP contribution in [0.1, 0.15) is 18.5 Å². The van der Waals surface area contributed by atoms with Crippen LogP contribution < -0.4 is 5.32 Å². The SMILES string of the molecule is C[C@@H](Nc1cc(F)c(S(=O)(=O)c2nccs2)cc1Cl)c1cccc(Br)c1. The van der Waals surface area contributed by atoms with Crippen molar-refractivity contribution in [1.29, 1.82) is 0 Å². The topological polar surface area (TPSA) is 59.1 Å². The van der Waals surface area contributed by atoms with Gasteiger partial charge in [-0.25, -0.2) is 17.8 Å². The Morgan fingerprint density at radius 1 is 1.31 bits per heavy atom. The zero-order valence-electron chi connectivity index (χ0n) is 13.4. The fraction of sp³-hybridized carbons (Fsp3) is 0.118. The quantitative estimate of drug-likeness (QED) is 0.514. The normalized spacial score (nSPS) is 12.8. The molecule has 0 saturated carbocycles. The smallest absolute Gasteiger partial charge is 0.236 e. The lowest BCUT2D eigenvalue weighted by Gasteiger charge is -2.18. The number of nitrogens with zero attached hydrogens (tertiary/aromatic N) is 1. The van der Waals surface area contributed by atoms with Gasteiger partial charge in [-0.2, -0.15) is 0 Å². The Morgan fingerprint density at radius 2 is 2.08 bits per heavy atom. The van der Waals surface area contributed by atoms with Gasteiger partial charge in [-0.15, -0.1) is 11.3 Å². The number of thiazole rings is 1. The summed E-state index contributed by atoms with van der Waals surface area (Å²) in [7, 11) is -4.04. The van der Waals surface area contributed by atoms with Crippen LogP contribution in [0.3, 0.4) is 0 Å². The molecule has 0 unspecified atom stereocenters. The Bertz CT molecular complexity index is 1040. The van der Waals surface area contributed by atoms with Crippen LogP contribution in [0.25, 0.3) is 0 Å². The average molecular weight is 476 g/mol. The van der Waals surface area contributed by atoms with Gasteiger partial charge in [0.2, 0.25) is 14.2 Å². The highest BCUT2D eigenvalue weighted by Crippen LogP contribution is 2.33. The second kappa shape index (κ2) is 7.64. The molecule has 2 aromatic carbocycles. The van der Waals surface area contributed by atoms with E-state index in [4.69, 9.17) is 11.6 Å². The molecule has 3 rings (SSSR count). The molecule has 1 atom stereocenters. The number of hydrogen-bond acceptors (Lipinski definition) is 5. The van der Waals surface area contributed by atoms with Crippen molar-refractivity contribution in [2.45, 2.75) is 22.2 Å². The molecule has 1 heterocycles. The van der Waals surface area contributed by atoms with Crippen LogP contribution in [0, 0.1) is 5.82 Å². The van der Waals surface area contributed by atoms with E-state index in [1.165, 1.54) is 11.6 Å². The lowest BCUT2D eigenvalue weighted by atomic mass is 10.1. The third kappa shape index (κ3) is 3.93. The first-order chi connectivity index (χ1) is 12.3. The first-order valence-corrected chi connectivity index (χ1v) is 11.0. The van der Waals surface area contributed by atoms with E-state index in [0.717, 1.165) is 33.5 Å². The number of anilines is 1. The Labute approximate surface area is 168 Å². The number of nitrogens with one attached hydrogen (secondary N) is 1. The van der Waals surface area contributed by atoms with Gasteiger partial charge in [0.15, 0.2) is 0 Å². The van der Waals surface area contributed by atoms with Crippen LogP contribution in [0.2, 0.25) is 5.02 Å². The highest BCUT2D eigenvalue weighted by atomic mass is 79.9. The van der Waals surface area contributed by atoms with Crippen LogP contribution >= 0.6 is 38.9 Å². The van der Waals surface area contributed by atoms with E-state index in [1.54, 1.807) is 0 Å². The second-order valence-corrected chi connectivity index (χ2v) is 9.79. The fourth-order valence-corrected chi connectivity index (χ4v) is 5.35. The van der Waals surface area contributed by atoms with Crippen molar-refractivity contribution in [3.8, 4) is 0 Å². The van der Waals surface area contributed by atoms with Gasteiger partial charge in [-0.3, -0.25) is 0 Å². The van der Waals surface area contributed by atoms with E-state index in [1.807, 2.05) is 31.2 Å². The van der Waals surface area contributed by atoms with E-state index < -0.39 is 20.5 Å². The van der Waals surface area contributed by atoms with Crippen LogP contribution in [0.15, 0.2) is 61.7 Å². The molecule has 0 fully saturated rings. The Kier molecular flexibility index (Phi) is 5.67.